The molecule has 1 atom stereocenters. The van der Waals surface area contributed by atoms with Gasteiger partial charge in [0.2, 0.25) is 0 Å². The van der Waals surface area contributed by atoms with Crippen LogP contribution >= 0.6 is 11.8 Å². The first-order valence-electron chi connectivity index (χ1n) is 4.65. The number of aliphatic hydroxyl groups excluding tert-OH is 1. The Kier molecular flexibility index (Phi) is 3.96. The Labute approximate surface area is 88.3 Å². The van der Waals surface area contributed by atoms with Gasteiger partial charge in [-0.3, -0.25) is 0 Å². The lowest BCUT2D eigenvalue weighted by Crippen LogP contribution is -1.94. The van der Waals surface area contributed by atoms with Gasteiger partial charge in [0, 0.05) is 10.1 Å². The highest BCUT2D eigenvalue weighted by molar-refractivity contribution is 7.99. The molecule has 3 heteroatoms. The Morgan fingerprint density at radius 3 is 2.36 bits per heavy atom. The molecule has 0 radical (unpaired) electrons. The van der Waals surface area contributed by atoms with Gasteiger partial charge in [-0.15, -0.1) is 11.8 Å². The molecule has 0 aliphatic carbocycles. The molecule has 0 aromatic heterocycles. The lowest BCUT2D eigenvalue weighted by molar-refractivity contribution is 0.198. The van der Waals surface area contributed by atoms with E-state index >= 15 is 0 Å². The number of benzene rings is 1. The lowest BCUT2D eigenvalue weighted by Gasteiger charge is -2.09. The van der Waals surface area contributed by atoms with E-state index in [2.05, 4.69) is 0 Å². The number of halogens is 1. The van der Waals surface area contributed by atoms with Crippen molar-refractivity contribution in [1.82, 2.24) is 0 Å². The predicted molar refractivity (Wildman–Crippen MR) is 58.0 cm³/mol. The van der Waals surface area contributed by atoms with E-state index in [4.69, 9.17) is 0 Å². The standard InChI is InChI=1S/C11H15FOS/c1-7(2)14-11-5-4-9(8(3)13)6-10(11)12/h4-8,13H,1-3H3/t8-/m0/s1. The van der Waals surface area contributed by atoms with Gasteiger partial charge in [-0.1, -0.05) is 19.9 Å². The average Bonchev–Trinajstić information content (AvgIpc) is 2.07. The van der Waals surface area contributed by atoms with Crippen LogP contribution in [0.15, 0.2) is 23.1 Å². The van der Waals surface area contributed by atoms with Crippen LogP contribution < -0.4 is 0 Å². The molecular weight excluding hydrogens is 199 g/mol. The minimum absolute atomic E-state index is 0.248. The number of rotatable bonds is 3. The van der Waals surface area contributed by atoms with Gasteiger partial charge >= 0.3 is 0 Å². The predicted octanol–water partition coefficient (Wildman–Crippen LogP) is 3.38. The second kappa shape index (κ2) is 4.80. The van der Waals surface area contributed by atoms with E-state index in [1.165, 1.54) is 17.8 Å². The van der Waals surface area contributed by atoms with Crippen LogP contribution in [0, 0.1) is 5.82 Å². The molecule has 0 bridgehead atoms. The quantitative estimate of drug-likeness (QED) is 0.778. The molecule has 1 N–H and O–H groups in total. The van der Waals surface area contributed by atoms with E-state index in [-0.39, 0.29) is 5.82 Å². The minimum atomic E-state index is -0.609. The number of thioether (sulfide) groups is 1. The first-order valence-corrected chi connectivity index (χ1v) is 5.53. The van der Waals surface area contributed by atoms with Crippen molar-refractivity contribution < 1.29 is 9.50 Å². The van der Waals surface area contributed by atoms with Gasteiger partial charge < -0.3 is 5.11 Å². The van der Waals surface area contributed by atoms with Crippen molar-refractivity contribution in [3.8, 4) is 0 Å². The molecule has 1 aromatic carbocycles. The maximum Gasteiger partial charge on any atom is 0.137 e. The molecule has 0 spiro atoms. The lowest BCUT2D eigenvalue weighted by atomic mass is 10.1. The van der Waals surface area contributed by atoms with E-state index in [9.17, 15) is 9.50 Å². The summed E-state index contributed by atoms with van der Waals surface area (Å²) < 4.78 is 13.4. The average molecular weight is 214 g/mol. The Morgan fingerprint density at radius 1 is 1.29 bits per heavy atom. The Hall–Kier alpha value is -0.540. The molecule has 0 aliphatic heterocycles. The second-order valence-electron chi connectivity index (χ2n) is 3.53. The van der Waals surface area contributed by atoms with Crippen molar-refractivity contribution in [2.75, 3.05) is 0 Å². The van der Waals surface area contributed by atoms with Crippen LogP contribution in [0.4, 0.5) is 4.39 Å². The van der Waals surface area contributed by atoms with E-state index in [0.717, 1.165) is 0 Å². The van der Waals surface area contributed by atoms with Crippen LogP contribution in [0.1, 0.15) is 32.4 Å². The van der Waals surface area contributed by atoms with Crippen molar-refractivity contribution in [2.45, 2.75) is 37.0 Å². The minimum Gasteiger partial charge on any atom is -0.389 e. The molecule has 0 unspecified atom stereocenters. The normalized spacial score (nSPS) is 13.3. The molecule has 0 amide bonds. The van der Waals surface area contributed by atoms with Crippen LogP contribution in [0.25, 0.3) is 0 Å². The van der Waals surface area contributed by atoms with Crippen LogP contribution in [-0.2, 0) is 0 Å². The molecule has 1 aromatic rings. The van der Waals surface area contributed by atoms with Crippen LogP contribution in [0.3, 0.4) is 0 Å². The summed E-state index contributed by atoms with van der Waals surface area (Å²) in [4.78, 5) is 0.643. The summed E-state index contributed by atoms with van der Waals surface area (Å²) in [6, 6.07) is 4.88. The summed E-state index contributed by atoms with van der Waals surface area (Å²) >= 11 is 1.49. The summed E-state index contributed by atoms with van der Waals surface area (Å²) in [7, 11) is 0. The molecule has 0 saturated carbocycles. The molecule has 1 nitrogen and oxygen atoms in total. The highest BCUT2D eigenvalue weighted by Crippen LogP contribution is 2.27. The van der Waals surface area contributed by atoms with Crippen LogP contribution in [0.2, 0.25) is 0 Å². The van der Waals surface area contributed by atoms with E-state index in [0.29, 0.717) is 15.7 Å². The Balaban J connectivity index is 2.90. The van der Waals surface area contributed by atoms with Gasteiger partial charge in [0.05, 0.1) is 6.10 Å². The topological polar surface area (TPSA) is 20.2 Å². The van der Waals surface area contributed by atoms with E-state index in [1.807, 2.05) is 13.8 Å². The first kappa shape index (κ1) is 11.5. The first-order chi connectivity index (χ1) is 6.50. The van der Waals surface area contributed by atoms with Crippen molar-refractivity contribution in [2.24, 2.45) is 0 Å². The fourth-order valence-electron chi connectivity index (χ4n) is 1.13. The maximum absolute atomic E-state index is 13.4. The SMILES string of the molecule is CC(C)Sc1ccc([C@H](C)O)cc1F. The summed E-state index contributed by atoms with van der Waals surface area (Å²) in [6.07, 6.45) is -0.609. The fourth-order valence-corrected chi connectivity index (χ4v) is 1.95. The molecule has 14 heavy (non-hydrogen) atoms. The van der Waals surface area contributed by atoms with Gasteiger partial charge in [-0.2, -0.15) is 0 Å². The number of hydrogen-bond donors (Lipinski definition) is 1. The molecule has 0 saturated heterocycles. The third-order valence-corrected chi connectivity index (χ3v) is 2.86. The third-order valence-electron chi connectivity index (χ3n) is 1.80. The molecule has 78 valence electrons. The highest BCUT2D eigenvalue weighted by Gasteiger charge is 2.08. The molecule has 1 rings (SSSR count). The summed E-state index contributed by atoms with van der Waals surface area (Å²) in [5, 5.41) is 9.61. The van der Waals surface area contributed by atoms with Gasteiger partial charge in [-0.05, 0) is 24.6 Å². The maximum atomic E-state index is 13.4. The summed E-state index contributed by atoms with van der Waals surface area (Å²) in [5.41, 5.74) is 0.621. The molecule has 0 heterocycles. The summed E-state index contributed by atoms with van der Waals surface area (Å²) in [6.45, 7) is 5.67. The monoisotopic (exact) mass is 214 g/mol. The second-order valence-corrected chi connectivity index (χ2v) is 5.15. The van der Waals surface area contributed by atoms with Crippen molar-refractivity contribution >= 4 is 11.8 Å². The largest absolute Gasteiger partial charge is 0.389 e. The molecule has 0 fully saturated rings. The van der Waals surface area contributed by atoms with Crippen LogP contribution in [-0.4, -0.2) is 10.4 Å². The smallest absolute Gasteiger partial charge is 0.137 e. The third kappa shape index (κ3) is 3.00. The van der Waals surface area contributed by atoms with E-state index in [1.54, 1.807) is 19.1 Å². The van der Waals surface area contributed by atoms with Crippen molar-refractivity contribution in [3.05, 3.63) is 29.6 Å². The Morgan fingerprint density at radius 2 is 1.93 bits per heavy atom. The number of aliphatic hydroxyl groups is 1. The van der Waals surface area contributed by atoms with Crippen molar-refractivity contribution in [3.63, 3.8) is 0 Å². The zero-order valence-corrected chi connectivity index (χ0v) is 9.44. The zero-order chi connectivity index (χ0) is 10.7. The van der Waals surface area contributed by atoms with Gasteiger partial charge in [0.1, 0.15) is 5.82 Å². The van der Waals surface area contributed by atoms with Crippen LogP contribution in [0.5, 0.6) is 0 Å². The highest BCUT2D eigenvalue weighted by atomic mass is 32.2. The molecular formula is C11H15FOS. The number of hydrogen-bond acceptors (Lipinski definition) is 2. The fraction of sp³-hybridized carbons (Fsp3) is 0.455. The summed E-state index contributed by atoms with van der Waals surface area (Å²) in [5.74, 6) is -0.248. The van der Waals surface area contributed by atoms with E-state index < -0.39 is 6.10 Å². The Bertz CT molecular complexity index is 310. The van der Waals surface area contributed by atoms with Gasteiger partial charge in [0.25, 0.3) is 0 Å². The molecule has 0 aliphatic rings. The zero-order valence-electron chi connectivity index (χ0n) is 8.62. The van der Waals surface area contributed by atoms with Gasteiger partial charge in [-0.25, -0.2) is 4.39 Å². The van der Waals surface area contributed by atoms with Gasteiger partial charge in [0.15, 0.2) is 0 Å². The van der Waals surface area contributed by atoms with Crippen molar-refractivity contribution in [1.29, 1.82) is 0 Å².